The van der Waals surface area contributed by atoms with E-state index in [4.69, 9.17) is 0 Å². The lowest BCUT2D eigenvalue weighted by atomic mass is 10.1. The zero-order valence-electron chi connectivity index (χ0n) is 11.7. The third kappa shape index (κ3) is 6.55. The van der Waals surface area contributed by atoms with E-state index >= 15 is 0 Å². The highest BCUT2D eigenvalue weighted by Crippen LogP contribution is 2.27. The Morgan fingerprint density at radius 1 is 1.35 bits per heavy atom. The van der Waals surface area contributed by atoms with Crippen molar-refractivity contribution in [2.24, 2.45) is 5.92 Å². The first kappa shape index (κ1) is 19.2. The first-order valence-electron chi connectivity index (χ1n) is 6.69. The molecule has 0 saturated heterocycles. The molecule has 1 unspecified atom stereocenters. The van der Waals surface area contributed by atoms with Gasteiger partial charge in [-0.2, -0.15) is 0 Å². The Labute approximate surface area is 132 Å². The Morgan fingerprint density at radius 3 is 2.55 bits per heavy atom. The maximum atomic E-state index is 11.8. The van der Waals surface area contributed by atoms with Crippen molar-refractivity contribution in [2.75, 3.05) is 13.1 Å². The van der Waals surface area contributed by atoms with Crippen molar-refractivity contribution in [1.29, 1.82) is 0 Å². The van der Waals surface area contributed by atoms with Crippen molar-refractivity contribution in [3.8, 4) is 0 Å². The molecule has 20 heavy (non-hydrogen) atoms. The number of nitrogens with one attached hydrogen (secondary N) is 2. The minimum atomic E-state index is 0. The fraction of sp³-hybridized carbons (Fsp3) is 0.571. The summed E-state index contributed by atoms with van der Waals surface area (Å²) in [6.45, 7) is 3.46. The van der Waals surface area contributed by atoms with Crippen molar-refractivity contribution in [3.63, 3.8) is 0 Å². The lowest BCUT2D eigenvalue weighted by Crippen LogP contribution is -2.36. The number of pyridine rings is 1. The molecule has 2 rings (SSSR count). The van der Waals surface area contributed by atoms with Crippen LogP contribution in [-0.2, 0) is 4.79 Å². The molecule has 1 aromatic heterocycles. The molecule has 1 atom stereocenters. The van der Waals surface area contributed by atoms with Gasteiger partial charge in [0.25, 0.3) is 0 Å². The smallest absolute Gasteiger partial charge is 0.234 e. The minimum Gasteiger partial charge on any atom is -0.348 e. The predicted molar refractivity (Wildman–Crippen MR) is 85.5 cm³/mol. The molecule has 0 aliphatic heterocycles. The molecular weight excluding hydrogens is 297 g/mol. The van der Waals surface area contributed by atoms with E-state index < -0.39 is 0 Å². The highest BCUT2D eigenvalue weighted by atomic mass is 35.5. The number of carbonyl (C=O) groups is 1. The van der Waals surface area contributed by atoms with Gasteiger partial charge in [0.2, 0.25) is 5.91 Å². The van der Waals surface area contributed by atoms with E-state index in [-0.39, 0.29) is 36.8 Å². The lowest BCUT2D eigenvalue weighted by Gasteiger charge is -2.17. The van der Waals surface area contributed by atoms with Gasteiger partial charge in [-0.25, -0.2) is 0 Å². The van der Waals surface area contributed by atoms with Crippen LogP contribution in [0.3, 0.4) is 0 Å². The molecule has 1 saturated carbocycles. The second-order valence-corrected chi connectivity index (χ2v) is 4.88. The summed E-state index contributed by atoms with van der Waals surface area (Å²) in [5, 5.41) is 6.25. The van der Waals surface area contributed by atoms with E-state index in [1.54, 1.807) is 12.4 Å². The molecule has 1 aromatic rings. The van der Waals surface area contributed by atoms with Crippen molar-refractivity contribution in [1.82, 2.24) is 15.6 Å². The maximum absolute atomic E-state index is 11.8. The number of nitrogens with zero attached hydrogens (tertiary/aromatic N) is 1. The fourth-order valence-corrected chi connectivity index (χ4v) is 1.97. The van der Waals surface area contributed by atoms with E-state index in [0.29, 0.717) is 6.54 Å². The quantitative estimate of drug-likeness (QED) is 0.811. The largest absolute Gasteiger partial charge is 0.348 e. The van der Waals surface area contributed by atoms with Crippen molar-refractivity contribution < 1.29 is 4.79 Å². The second-order valence-electron chi connectivity index (χ2n) is 4.88. The number of carbonyl (C=O) groups excluding carboxylic acids is 1. The summed E-state index contributed by atoms with van der Waals surface area (Å²) in [6.07, 6.45) is 7.02. The van der Waals surface area contributed by atoms with Crippen LogP contribution in [0.15, 0.2) is 24.5 Å². The van der Waals surface area contributed by atoms with E-state index in [9.17, 15) is 4.79 Å². The molecule has 1 aliphatic rings. The SMILES string of the molecule is CCC(NC(=O)CNCC1CC1)c1ccncc1.Cl.Cl. The van der Waals surface area contributed by atoms with Gasteiger partial charge in [0.1, 0.15) is 0 Å². The Hall–Kier alpha value is -0.840. The molecule has 1 fully saturated rings. The molecule has 4 nitrogen and oxygen atoms in total. The Balaban J connectivity index is 0.00000180. The highest BCUT2D eigenvalue weighted by Gasteiger charge is 2.20. The Bertz CT molecular complexity index is 385. The first-order valence-corrected chi connectivity index (χ1v) is 6.69. The van der Waals surface area contributed by atoms with Crippen LogP contribution in [0.2, 0.25) is 0 Å². The first-order chi connectivity index (χ1) is 8.79. The number of rotatable bonds is 7. The monoisotopic (exact) mass is 319 g/mol. The topological polar surface area (TPSA) is 54.0 Å². The summed E-state index contributed by atoms with van der Waals surface area (Å²) in [7, 11) is 0. The number of halogens is 2. The molecule has 114 valence electrons. The van der Waals surface area contributed by atoms with Gasteiger partial charge in [-0.3, -0.25) is 9.78 Å². The normalized spacial score (nSPS) is 14.7. The summed E-state index contributed by atoms with van der Waals surface area (Å²) in [4.78, 5) is 15.8. The second kappa shape index (κ2) is 9.97. The van der Waals surface area contributed by atoms with E-state index in [0.717, 1.165) is 24.4 Å². The van der Waals surface area contributed by atoms with Crippen LogP contribution in [0.5, 0.6) is 0 Å². The van der Waals surface area contributed by atoms with Crippen molar-refractivity contribution in [3.05, 3.63) is 30.1 Å². The fourth-order valence-electron chi connectivity index (χ4n) is 1.97. The Morgan fingerprint density at radius 2 is 2.00 bits per heavy atom. The molecule has 1 aliphatic carbocycles. The van der Waals surface area contributed by atoms with Crippen LogP contribution in [0.25, 0.3) is 0 Å². The van der Waals surface area contributed by atoms with Crippen LogP contribution in [0.4, 0.5) is 0 Å². The summed E-state index contributed by atoms with van der Waals surface area (Å²) in [6, 6.07) is 3.99. The molecule has 1 amide bonds. The van der Waals surface area contributed by atoms with Crippen LogP contribution in [-0.4, -0.2) is 24.0 Å². The van der Waals surface area contributed by atoms with Gasteiger partial charge in [-0.1, -0.05) is 6.92 Å². The average Bonchev–Trinajstić information content (AvgIpc) is 3.21. The maximum Gasteiger partial charge on any atom is 0.234 e. The van der Waals surface area contributed by atoms with Gasteiger partial charge in [0.05, 0.1) is 12.6 Å². The third-order valence-electron chi connectivity index (χ3n) is 3.27. The summed E-state index contributed by atoms with van der Waals surface area (Å²) < 4.78 is 0. The zero-order valence-corrected chi connectivity index (χ0v) is 13.3. The number of aromatic nitrogens is 1. The third-order valence-corrected chi connectivity index (χ3v) is 3.27. The summed E-state index contributed by atoms with van der Waals surface area (Å²) in [5.74, 6) is 0.874. The molecule has 6 heteroatoms. The lowest BCUT2D eigenvalue weighted by molar-refractivity contribution is -0.121. The van der Waals surface area contributed by atoms with Gasteiger partial charge < -0.3 is 10.6 Å². The molecule has 0 radical (unpaired) electrons. The van der Waals surface area contributed by atoms with Gasteiger partial charge in [-0.15, -0.1) is 24.8 Å². The zero-order chi connectivity index (χ0) is 12.8. The summed E-state index contributed by atoms with van der Waals surface area (Å²) in [5.41, 5.74) is 1.11. The minimum absolute atomic E-state index is 0. The van der Waals surface area contributed by atoms with Gasteiger partial charge in [-0.05, 0) is 49.4 Å². The molecule has 0 bridgehead atoms. The van der Waals surface area contributed by atoms with Crippen molar-refractivity contribution in [2.45, 2.75) is 32.2 Å². The van der Waals surface area contributed by atoms with Gasteiger partial charge in [0, 0.05) is 12.4 Å². The number of hydrogen-bond donors (Lipinski definition) is 2. The van der Waals surface area contributed by atoms with Crippen LogP contribution in [0, 0.1) is 5.92 Å². The van der Waals surface area contributed by atoms with Crippen LogP contribution < -0.4 is 10.6 Å². The average molecular weight is 320 g/mol. The summed E-state index contributed by atoms with van der Waals surface area (Å²) >= 11 is 0. The predicted octanol–water partition coefficient (Wildman–Crippen LogP) is 2.49. The van der Waals surface area contributed by atoms with E-state index in [1.807, 2.05) is 12.1 Å². The molecular formula is C14H23Cl2N3O. The van der Waals surface area contributed by atoms with Gasteiger partial charge >= 0.3 is 0 Å². The number of amides is 1. The van der Waals surface area contributed by atoms with Crippen LogP contribution >= 0.6 is 24.8 Å². The molecule has 2 N–H and O–H groups in total. The van der Waals surface area contributed by atoms with E-state index in [1.165, 1.54) is 12.8 Å². The molecule has 1 heterocycles. The van der Waals surface area contributed by atoms with E-state index in [2.05, 4.69) is 22.5 Å². The molecule has 0 spiro atoms. The standard InChI is InChI=1S/C14H21N3O.2ClH/c1-2-13(12-5-7-15-8-6-12)17-14(18)10-16-9-11-3-4-11;;/h5-8,11,13,16H,2-4,9-10H2,1H3,(H,17,18);2*1H. The van der Waals surface area contributed by atoms with Gasteiger partial charge in [0.15, 0.2) is 0 Å². The Kier molecular flexibility index (Phi) is 9.55. The van der Waals surface area contributed by atoms with Crippen LogP contribution in [0.1, 0.15) is 37.8 Å². The van der Waals surface area contributed by atoms with Crippen molar-refractivity contribution >= 4 is 30.7 Å². The number of hydrogen-bond acceptors (Lipinski definition) is 3. The highest BCUT2D eigenvalue weighted by molar-refractivity contribution is 5.85. The molecule has 0 aromatic carbocycles.